The number of hydrogen-bond donors (Lipinski definition) is 2. The lowest BCUT2D eigenvalue weighted by Gasteiger charge is -2.32. The van der Waals surface area contributed by atoms with E-state index < -0.39 is 0 Å². The SMILES string of the molecule is CNCC1CCCN(C(=O)c2cccc(NC(=O)c3cccs3)c2)C1. The molecule has 1 aromatic heterocycles. The van der Waals surface area contributed by atoms with E-state index >= 15 is 0 Å². The maximum Gasteiger partial charge on any atom is 0.265 e. The molecule has 6 heteroatoms. The topological polar surface area (TPSA) is 61.4 Å². The Balaban J connectivity index is 1.68. The molecule has 2 N–H and O–H groups in total. The maximum atomic E-state index is 12.8. The molecule has 1 saturated heterocycles. The molecule has 3 rings (SSSR count). The van der Waals surface area contributed by atoms with E-state index in [-0.39, 0.29) is 11.8 Å². The van der Waals surface area contributed by atoms with Crippen LogP contribution in [0.3, 0.4) is 0 Å². The van der Waals surface area contributed by atoms with Crippen molar-refractivity contribution in [3.05, 3.63) is 52.2 Å². The minimum Gasteiger partial charge on any atom is -0.338 e. The van der Waals surface area contributed by atoms with Crippen LogP contribution < -0.4 is 10.6 Å². The van der Waals surface area contributed by atoms with Crippen LogP contribution in [0.15, 0.2) is 41.8 Å². The average molecular weight is 357 g/mol. The summed E-state index contributed by atoms with van der Waals surface area (Å²) in [6.07, 6.45) is 2.19. The molecule has 0 bridgehead atoms. The number of nitrogens with zero attached hydrogens (tertiary/aromatic N) is 1. The zero-order valence-electron chi connectivity index (χ0n) is 14.3. The Morgan fingerprint density at radius 1 is 1.28 bits per heavy atom. The van der Waals surface area contributed by atoms with Crippen molar-refractivity contribution < 1.29 is 9.59 Å². The maximum absolute atomic E-state index is 12.8. The molecule has 1 aliphatic rings. The van der Waals surface area contributed by atoms with Crippen molar-refractivity contribution >= 4 is 28.8 Å². The molecule has 0 aliphatic carbocycles. The van der Waals surface area contributed by atoms with E-state index in [9.17, 15) is 9.59 Å². The van der Waals surface area contributed by atoms with Crippen molar-refractivity contribution in [3.63, 3.8) is 0 Å². The fourth-order valence-corrected chi connectivity index (χ4v) is 3.84. The zero-order valence-corrected chi connectivity index (χ0v) is 15.1. The van der Waals surface area contributed by atoms with Gasteiger partial charge in [-0.3, -0.25) is 9.59 Å². The molecule has 1 aromatic carbocycles. The normalized spacial score (nSPS) is 17.3. The quantitative estimate of drug-likeness (QED) is 0.864. The van der Waals surface area contributed by atoms with Crippen molar-refractivity contribution in [1.29, 1.82) is 0 Å². The summed E-state index contributed by atoms with van der Waals surface area (Å²) >= 11 is 1.40. The number of carbonyl (C=O) groups excluding carboxylic acids is 2. The van der Waals surface area contributed by atoms with E-state index in [2.05, 4.69) is 10.6 Å². The summed E-state index contributed by atoms with van der Waals surface area (Å²) in [7, 11) is 1.94. The van der Waals surface area contributed by atoms with Gasteiger partial charge in [0.15, 0.2) is 0 Å². The van der Waals surface area contributed by atoms with E-state index in [1.807, 2.05) is 41.6 Å². The largest absolute Gasteiger partial charge is 0.338 e. The summed E-state index contributed by atoms with van der Waals surface area (Å²) < 4.78 is 0. The predicted molar refractivity (Wildman–Crippen MR) is 101 cm³/mol. The van der Waals surface area contributed by atoms with Crippen molar-refractivity contribution in [3.8, 4) is 0 Å². The van der Waals surface area contributed by atoms with Crippen molar-refractivity contribution in [1.82, 2.24) is 10.2 Å². The Bertz CT molecular complexity index is 728. The molecule has 0 radical (unpaired) electrons. The van der Waals surface area contributed by atoms with E-state index in [0.717, 1.165) is 32.5 Å². The predicted octanol–water partition coefficient (Wildman–Crippen LogP) is 3.07. The number of anilines is 1. The van der Waals surface area contributed by atoms with Gasteiger partial charge in [-0.1, -0.05) is 12.1 Å². The fraction of sp³-hybridized carbons (Fsp3) is 0.368. The van der Waals surface area contributed by atoms with Crippen molar-refractivity contribution in [2.75, 3.05) is 32.0 Å². The molecule has 0 spiro atoms. The average Bonchev–Trinajstić information content (AvgIpc) is 3.17. The third kappa shape index (κ3) is 4.46. The van der Waals surface area contributed by atoms with E-state index in [1.54, 1.807) is 12.1 Å². The summed E-state index contributed by atoms with van der Waals surface area (Å²) in [6.45, 7) is 2.51. The Kier molecular flexibility index (Phi) is 5.83. The molecule has 2 heterocycles. The van der Waals surface area contributed by atoms with Crippen LogP contribution in [0.2, 0.25) is 0 Å². The third-order valence-electron chi connectivity index (χ3n) is 4.41. The van der Waals surface area contributed by atoms with Gasteiger partial charge in [-0.15, -0.1) is 11.3 Å². The van der Waals surface area contributed by atoms with Gasteiger partial charge in [-0.25, -0.2) is 0 Å². The van der Waals surface area contributed by atoms with E-state index in [1.165, 1.54) is 11.3 Å². The number of likely N-dealkylation sites (tertiary alicyclic amines) is 1. The molecule has 5 nitrogen and oxygen atoms in total. The van der Waals surface area contributed by atoms with Crippen LogP contribution in [0.4, 0.5) is 5.69 Å². The van der Waals surface area contributed by atoms with Gasteiger partial charge in [0, 0.05) is 24.3 Å². The third-order valence-corrected chi connectivity index (χ3v) is 5.28. The Morgan fingerprint density at radius 3 is 2.92 bits per heavy atom. The second kappa shape index (κ2) is 8.27. The van der Waals surface area contributed by atoms with Crippen LogP contribution in [-0.2, 0) is 0 Å². The number of carbonyl (C=O) groups is 2. The first-order valence-electron chi connectivity index (χ1n) is 8.56. The Morgan fingerprint density at radius 2 is 2.16 bits per heavy atom. The summed E-state index contributed by atoms with van der Waals surface area (Å²) in [6, 6.07) is 10.8. The molecule has 2 amide bonds. The highest BCUT2D eigenvalue weighted by molar-refractivity contribution is 7.12. The van der Waals surface area contributed by atoms with Gasteiger partial charge < -0.3 is 15.5 Å². The molecule has 132 valence electrons. The van der Waals surface area contributed by atoms with Gasteiger partial charge in [0.1, 0.15) is 0 Å². The molecule has 1 unspecified atom stereocenters. The van der Waals surface area contributed by atoms with Gasteiger partial charge >= 0.3 is 0 Å². The molecule has 1 aliphatic heterocycles. The van der Waals surface area contributed by atoms with Crippen molar-refractivity contribution in [2.45, 2.75) is 12.8 Å². The van der Waals surface area contributed by atoms with Crippen LogP contribution in [0, 0.1) is 5.92 Å². The number of piperidine rings is 1. The van der Waals surface area contributed by atoms with Crippen LogP contribution in [-0.4, -0.2) is 43.4 Å². The second-order valence-corrected chi connectivity index (χ2v) is 7.28. The number of benzene rings is 1. The zero-order chi connectivity index (χ0) is 17.6. The fourth-order valence-electron chi connectivity index (χ4n) is 3.22. The van der Waals surface area contributed by atoms with Crippen LogP contribution >= 0.6 is 11.3 Å². The smallest absolute Gasteiger partial charge is 0.265 e. The lowest BCUT2D eigenvalue weighted by Crippen LogP contribution is -2.42. The number of hydrogen-bond acceptors (Lipinski definition) is 4. The lowest BCUT2D eigenvalue weighted by atomic mass is 9.97. The van der Waals surface area contributed by atoms with Gasteiger partial charge in [-0.2, -0.15) is 0 Å². The molecular weight excluding hydrogens is 334 g/mol. The number of rotatable bonds is 5. The second-order valence-electron chi connectivity index (χ2n) is 6.33. The standard InChI is InChI=1S/C19H23N3O2S/c1-20-12-14-5-3-9-22(13-14)19(24)15-6-2-7-16(11-15)21-18(23)17-8-4-10-25-17/h2,4,6-8,10-11,14,20H,3,5,9,12-13H2,1H3,(H,21,23). The molecule has 25 heavy (non-hydrogen) atoms. The first-order chi connectivity index (χ1) is 12.2. The minimum absolute atomic E-state index is 0.0352. The summed E-state index contributed by atoms with van der Waals surface area (Å²) in [5.41, 5.74) is 1.27. The number of thiophene rings is 1. The summed E-state index contributed by atoms with van der Waals surface area (Å²) in [5, 5.41) is 7.93. The van der Waals surface area contributed by atoms with Gasteiger partial charge in [0.25, 0.3) is 11.8 Å². The highest BCUT2D eigenvalue weighted by atomic mass is 32.1. The summed E-state index contributed by atoms with van der Waals surface area (Å²) in [4.78, 5) is 27.6. The van der Waals surface area contributed by atoms with Gasteiger partial charge in [-0.05, 0) is 62.0 Å². The van der Waals surface area contributed by atoms with Crippen molar-refractivity contribution in [2.24, 2.45) is 5.92 Å². The Hall–Kier alpha value is -2.18. The first-order valence-corrected chi connectivity index (χ1v) is 9.44. The van der Waals surface area contributed by atoms with Crippen LogP contribution in [0.5, 0.6) is 0 Å². The Labute approximate surface area is 152 Å². The monoisotopic (exact) mass is 357 g/mol. The molecule has 2 aromatic rings. The van der Waals surface area contributed by atoms with E-state index in [4.69, 9.17) is 0 Å². The summed E-state index contributed by atoms with van der Waals surface area (Å²) in [5.74, 6) is 0.393. The highest BCUT2D eigenvalue weighted by Crippen LogP contribution is 2.20. The van der Waals surface area contributed by atoms with Crippen LogP contribution in [0.25, 0.3) is 0 Å². The number of amides is 2. The highest BCUT2D eigenvalue weighted by Gasteiger charge is 2.24. The number of nitrogens with one attached hydrogen (secondary N) is 2. The molecule has 0 saturated carbocycles. The molecule has 1 fully saturated rings. The van der Waals surface area contributed by atoms with Gasteiger partial charge in [0.05, 0.1) is 4.88 Å². The van der Waals surface area contributed by atoms with E-state index in [0.29, 0.717) is 22.0 Å². The van der Waals surface area contributed by atoms with Crippen LogP contribution in [0.1, 0.15) is 32.9 Å². The molecule has 1 atom stereocenters. The lowest BCUT2D eigenvalue weighted by molar-refractivity contribution is 0.0674. The first kappa shape index (κ1) is 17.6. The minimum atomic E-state index is -0.147. The molecular formula is C19H23N3O2S. The van der Waals surface area contributed by atoms with Gasteiger partial charge in [0.2, 0.25) is 0 Å².